The Balaban J connectivity index is 2.90. The molecular weight excluding hydrogens is 236 g/mol. The van der Waals surface area contributed by atoms with Gasteiger partial charge in [-0.25, -0.2) is 8.42 Å². The number of carboxylic acid groups (broad SMARTS) is 1. The van der Waals surface area contributed by atoms with Crippen LogP contribution >= 0.6 is 0 Å². The summed E-state index contributed by atoms with van der Waals surface area (Å²) < 4.78 is 23.4. The highest BCUT2D eigenvalue weighted by Crippen LogP contribution is 2.11. The Kier molecular flexibility index (Phi) is 3.58. The number of aromatic nitrogens is 4. The minimum Gasteiger partial charge on any atom is -0.480 e. The predicted octanol–water partition coefficient (Wildman–Crippen LogP) is -1.01. The molecule has 0 saturated carbocycles. The van der Waals surface area contributed by atoms with Crippen LogP contribution in [0.3, 0.4) is 0 Å². The first-order valence-electron chi connectivity index (χ1n) is 4.54. The van der Waals surface area contributed by atoms with Gasteiger partial charge in [-0.2, -0.15) is 4.80 Å². The molecule has 1 N–H and O–H groups in total. The van der Waals surface area contributed by atoms with E-state index in [1.165, 1.54) is 14.0 Å². The summed E-state index contributed by atoms with van der Waals surface area (Å²) in [4.78, 5) is 11.8. The summed E-state index contributed by atoms with van der Waals surface area (Å²) in [5.74, 6) is -1.86. The summed E-state index contributed by atoms with van der Waals surface area (Å²) >= 11 is 0. The number of tetrazole rings is 1. The minimum atomic E-state index is -3.79. The molecule has 0 aliphatic rings. The average molecular weight is 248 g/mol. The molecule has 1 atom stereocenters. The molecule has 1 heterocycles. The van der Waals surface area contributed by atoms with Gasteiger partial charge in [0, 0.05) is 0 Å². The van der Waals surface area contributed by atoms with Crippen molar-refractivity contribution in [1.29, 1.82) is 0 Å². The van der Waals surface area contributed by atoms with Crippen LogP contribution in [0.1, 0.15) is 19.2 Å². The molecule has 16 heavy (non-hydrogen) atoms. The highest BCUT2D eigenvalue weighted by molar-refractivity contribution is 7.92. The van der Waals surface area contributed by atoms with Crippen molar-refractivity contribution in [2.45, 2.75) is 24.3 Å². The van der Waals surface area contributed by atoms with E-state index in [-0.39, 0.29) is 12.2 Å². The number of sulfone groups is 1. The summed E-state index contributed by atoms with van der Waals surface area (Å²) in [6.07, 6.45) is 0.0118. The van der Waals surface area contributed by atoms with E-state index in [0.29, 0.717) is 0 Å². The number of aliphatic carboxylic acids is 1. The average Bonchev–Trinajstić information content (AvgIpc) is 2.49. The largest absolute Gasteiger partial charge is 0.480 e. The normalized spacial score (nSPS) is 13.6. The van der Waals surface area contributed by atoms with Crippen molar-refractivity contribution < 1.29 is 18.3 Å². The molecule has 8 nitrogen and oxygen atoms in total. The molecule has 9 heteroatoms. The molecule has 0 aromatic carbocycles. The second-order valence-electron chi connectivity index (χ2n) is 3.24. The number of hydrogen-bond donors (Lipinski definition) is 1. The number of rotatable bonds is 5. The van der Waals surface area contributed by atoms with E-state index < -0.39 is 26.8 Å². The van der Waals surface area contributed by atoms with Crippen LogP contribution in [0, 0.1) is 0 Å². The summed E-state index contributed by atoms with van der Waals surface area (Å²) in [6, 6.07) is 0. The third kappa shape index (κ3) is 2.75. The lowest BCUT2D eigenvalue weighted by atomic mass is 10.3. The summed E-state index contributed by atoms with van der Waals surface area (Å²) in [5, 5.41) is 18.0. The topological polar surface area (TPSA) is 115 Å². The van der Waals surface area contributed by atoms with Crippen LogP contribution in [0.15, 0.2) is 0 Å². The van der Waals surface area contributed by atoms with Gasteiger partial charge in [0.15, 0.2) is 20.9 Å². The first-order valence-corrected chi connectivity index (χ1v) is 6.25. The number of nitrogens with zero attached hydrogens (tertiary/aromatic N) is 4. The van der Waals surface area contributed by atoms with E-state index in [1.807, 2.05) is 0 Å². The molecule has 90 valence electrons. The molecule has 1 aromatic heterocycles. The Hall–Kier alpha value is -1.51. The van der Waals surface area contributed by atoms with Crippen molar-refractivity contribution in [3.05, 3.63) is 5.82 Å². The summed E-state index contributed by atoms with van der Waals surface area (Å²) in [5.41, 5.74) is 0. The molecule has 0 spiro atoms. The standard InChI is InChI=1S/C7H12N4O4S/c1-3-5(7(12)13)16(14,15)4-6-8-10-11(2)9-6/h5H,3-4H2,1-2H3,(H,12,13). The zero-order valence-electron chi connectivity index (χ0n) is 8.86. The molecule has 1 unspecified atom stereocenters. The lowest BCUT2D eigenvalue weighted by Gasteiger charge is -2.08. The van der Waals surface area contributed by atoms with Gasteiger partial charge in [0.2, 0.25) is 0 Å². The maximum absolute atomic E-state index is 11.7. The van der Waals surface area contributed by atoms with E-state index in [9.17, 15) is 13.2 Å². The SMILES string of the molecule is CCC(C(=O)O)S(=O)(=O)Cc1nnn(C)n1. The Morgan fingerprint density at radius 1 is 1.56 bits per heavy atom. The van der Waals surface area contributed by atoms with Crippen molar-refractivity contribution in [2.24, 2.45) is 7.05 Å². The second-order valence-corrected chi connectivity index (χ2v) is 5.42. The van der Waals surface area contributed by atoms with Crippen molar-refractivity contribution in [3.8, 4) is 0 Å². The third-order valence-corrected chi connectivity index (χ3v) is 4.02. The van der Waals surface area contributed by atoms with Gasteiger partial charge >= 0.3 is 5.97 Å². The van der Waals surface area contributed by atoms with Gasteiger partial charge in [0.25, 0.3) is 0 Å². The van der Waals surface area contributed by atoms with E-state index >= 15 is 0 Å². The first-order chi connectivity index (χ1) is 7.36. The highest BCUT2D eigenvalue weighted by Gasteiger charge is 2.32. The number of carbonyl (C=O) groups is 1. The zero-order valence-corrected chi connectivity index (χ0v) is 9.68. The number of carboxylic acids is 1. The molecule has 1 aromatic rings. The van der Waals surface area contributed by atoms with Crippen LogP contribution in [0.5, 0.6) is 0 Å². The van der Waals surface area contributed by atoms with Gasteiger partial charge in [-0.3, -0.25) is 4.79 Å². The highest BCUT2D eigenvalue weighted by atomic mass is 32.2. The lowest BCUT2D eigenvalue weighted by Crippen LogP contribution is -2.30. The van der Waals surface area contributed by atoms with Gasteiger partial charge in [0.1, 0.15) is 5.75 Å². The molecule has 0 aliphatic carbocycles. The number of aryl methyl sites for hydroxylation is 1. The van der Waals surface area contributed by atoms with Crippen LogP contribution in [0.4, 0.5) is 0 Å². The fourth-order valence-electron chi connectivity index (χ4n) is 1.24. The fourth-order valence-corrected chi connectivity index (χ4v) is 2.74. The van der Waals surface area contributed by atoms with Crippen LogP contribution in [-0.2, 0) is 27.4 Å². The molecule has 0 bridgehead atoms. The Morgan fingerprint density at radius 2 is 2.19 bits per heavy atom. The van der Waals surface area contributed by atoms with E-state index in [4.69, 9.17) is 5.11 Å². The predicted molar refractivity (Wildman–Crippen MR) is 53.1 cm³/mol. The molecule has 0 fully saturated rings. The quantitative estimate of drug-likeness (QED) is 0.709. The van der Waals surface area contributed by atoms with E-state index in [2.05, 4.69) is 15.4 Å². The maximum atomic E-state index is 11.7. The molecular formula is C7H12N4O4S. The Morgan fingerprint density at radius 3 is 2.56 bits per heavy atom. The van der Waals surface area contributed by atoms with Gasteiger partial charge < -0.3 is 5.11 Å². The zero-order chi connectivity index (χ0) is 12.3. The van der Waals surface area contributed by atoms with Gasteiger partial charge in [-0.1, -0.05) is 6.92 Å². The monoisotopic (exact) mass is 248 g/mol. The van der Waals surface area contributed by atoms with Gasteiger partial charge in [-0.15, -0.1) is 10.2 Å². The van der Waals surface area contributed by atoms with Crippen molar-refractivity contribution in [3.63, 3.8) is 0 Å². The smallest absolute Gasteiger partial charge is 0.321 e. The van der Waals surface area contributed by atoms with E-state index in [0.717, 1.165) is 4.80 Å². The molecule has 1 rings (SSSR count). The minimum absolute atomic E-state index is 0.00204. The van der Waals surface area contributed by atoms with Crippen LogP contribution in [-0.4, -0.2) is 45.0 Å². The first kappa shape index (κ1) is 12.6. The molecule has 0 radical (unpaired) electrons. The van der Waals surface area contributed by atoms with Crippen LogP contribution in [0.25, 0.3) is 0 Å². The third-order valence-electron chi connectivity index (χ3n) is 1.96. The molecule has 0 aliphatic heterocycles. The maximum Gasteiger partial charge on any atom is 0.321 e. The Labute approximate surface area is 92.2 Å². The fraction of sp³-hybridized carbons (Fsp3) is 0.714. The van der Waals surface area contributed by atoms with Crippen molar-refractivity contribution in [2.75, 3.05) is 0 Å². The molecule has 0 amide bonds. The van der Waals surface area contributed by atoms with Crippen molar-refractivity contribution in [1.82, 2.24) is 20.2 Å². The van der Waals surface area contributed by atoms with Crippen LogP contribution in [0.2, 0.25) is 0 Å². The van der Waals surface area contributed by atoms with E-state index in [1.54, 1.807) is 0 Å². The Bertz CT molecular complexity index is 480. The molecule has 0 saturated heterocycles. The van der Waals surface area contributed by atoms with Crippen molar-refractivity contribution >= 4 is 15.8 Å². The second kappa shape index (κ2) is 4.56. The number of hydrogen-bond acceptors (Lipinski definition) is 6. The van der Waals surface area contributed by atoms with Gasteiger partial charge in [-0.05, 0) is 11.6 Å². The summed E-state index contributed by atoms with van der Waals surface area (Å²) in [6.45, 7) is 1.50. The van der Waals surface area contributed by atoms with Gasteiger partial charge in [0.05, 0.1) is 7.05 Å². The lowest BCUT2D eigenvalue weighted by molar-refractivity contribution is -0.136. The van der Waals surface area contributed by atoms with Crippen LogP contribution < -0.4 is 0 Å². The summed E-state index contributed by atoms with van der Waals surface area (Å²) in [7, 11) is -2.29.